The van der Waals surface area contributed by atoms with E-state index >= 15 is 0 Å². The summed E-state index contributed by atoms with van der Waals surface area (Å²) >= 11 is 0. The van der Waals surface area contributed by atoms with Gasteiger partial charge >= 0.3 is 0 Å². The van der Waals surface area contributed by atoms with Crippen molar-refractivity contribution in [1.29, 1.82) is 0 Å². The number of para-hydroxylation sites is 2. The third-order valence-corrected chi connectivity index (χ3v) is 12.5. The van der Waals surface area contributed by atoms with Crippen LogP contribution in [0.4, 0.5) is 0 Å². The molecule has 0 saturated carbocycles. The molecule has 10 aromatic rings. The van der Waals surface area contributed by atoms with Crippen LogP contribution in [0.2, 0.25) is 0 Å². The minimum atomic E-state index is -0.171. The molecule has 12 rings (SSSR count). The molecule has 0 bridgehead atoms. The molecular formula is C52H35NO. The lowest BCUT2D eigenvalue weighted by Crippen LogP contribution is -2.15. The van der Waals surface area contributed by atoms with Crippen molar-refractivity contribution in [2.75, 3.05) is 0 Å². The van der Waals surface area contributed by atoms with Crippen LogP contribution >= 0.6 is 0 Å². The maximum atomic E-state index is 6.67. The lowest BCUT2D eigenvalue weighted by molar-refractivity contribution is 0.666. The lowest BCUT2D eigenvalue weighted by atomic mass is 9.80. The van der Waals surface area contributed by atoms with Crippen LogP contribution in [0.15, 0.2) is 174 Å². The van der Waals surface area contributed by atoms with E-state index < -0.39 is 0 Å². The predicted octanol–water partition coefficient (Wildman–Crippen LogP) is 13.8. The van der Waals surface area contributed by atoms with Crippen molar-refractivity contribution in [2.45, 2.75) is 25.2 Å². The van der Waals surface area contributed by atoms with Crippen LogP contribution in [0.3, 0.4) is 0 Å². The second kappa shape index (κ2) is 10.7. The Morgan fingerprint density at radius 1 is 0.500 bits per heavy atom. The molecule has 0 spiro atoms. The highest BCUT2D eigenvalue weighted by Crippen LogP contribution is 2.54. The molecule has 0 fully saturated rings. The van der Waals surface area contributed by atoms with Gasteiger partial charge in [0, 0.05) is 32.9 Å². The largest absolute Gasteiger partial charge is 0.454 e. The topological polar surface area (TPSA) is 18.1 Å². The zero-order valence-corrected chi connectivity index (χ0v) is 30.1. The molecule has 2 aliphatic rings. The standard InChI is InChI=1S/C52H35NO/c1-52(2)43-20-10-8-16-35(43)39-26-28-45-49(50(39)52)42-30-33(24-27-44(42)53(45)46-21-12-19-40-36-17-9-11-22-47(36)54-51(40)46)32-23-25-38-41(29-32)34-15-6-7-18-37(34)48(38)31-13-4-3-5-14-31/h3-30,48H,1-2H3. The summed E-state index contributed by atoms with van der Waals surface area (Å²) in [5, 5.41) is 4.85. The van der Waals surface area contributed by atoms with Crippen molar-refractivity contribution in [2.24, 2.45) is 0 Å². The molecule has 0 radical (unpaired) electrons. The number of benzene rings is 8. The average Bonchev–Trinajstić information content (AvgIpc) is 3.93. The van der Waals surface area contributed by atoms with E-state index in [1.165, 1.54) is 83.0 Å². The smallest absolute Gasteiger partial charge is 0.159 e. The Kier molecular flexibility index (Phi) is 5.93. The fraction of sp³-hybridized carbons (Fsp3) is 0.0769. The van der Waals surface area contributed by atoms with Gasteiger partial charge in [-0.3, -0.25) is 0 Å². The van der Waals surface area contributed by atoms with Crippen molar-refractivity contribution in [1.82, 2.24) is 4.57 Å². The van der Waals surface area contributed by atoms with E-state index in [4.69, 9.17) is 4.42 Å². The Hall–Kier alpha value is -6.64. The van der Waals surface area contributed by atoms with Crippen LogP contribution in [0, 0.1) is 0 Å². The van der Waals surface area contributed by atoms with Gasteiger partial charge in [0.15, 0.2) is 5.58 Å². The summed E-state index contributed by atoms with van der Waals surface area (Å²) in [5.74, 6) is 0.235. The number of hydrogen-bond acceptors (Lipinski definition) is 1. The predicted molar refractivity (Wildman–Crippen MR) is 224 cm³/mol. The van der Waals surface area contributed by atoms with Gasteiger partial charge in [0.25, 0.3) is 0 Å². The van der Waals surface area contributed by atoms with Gasteiger partial charge in [0.1, 0.15) is 5.58 Å². The van der Waals surface area contributed by atoms with Gasteiger partial charge in [-0.05, 0) is 97.6 Å². The first-order chi connectivity index (χ1) is 26.6. The summed E-state index contributed by atoms with van der Waals surface area (Å²) in [6.45, 7) is 4.79. The molecule has 2 nitrogen and oxygen atoms in total. The van der Waals surface area contributed by atoms with Crippen molar-refractivity contribution < 1.29 is 4.42 Å². The van der Waals surface area contributed by atoms with Crippen LogP contribution in [0.25, 0.3) is 82.8 Å². The zero-order chi connectivity index (χ0) is 35.7. The maximum Gasteiger partial charge on any atom is 0.159 e. The van der Waals surface area contributed by atoms with E-state index in [1.54, 1.807) is 0 Å². The van der Waals surface area contributed by atoms with E-state index in [0.717, 1.165) is 27.6 Å². The van der Waals surface area contributed by atoms with Crippen LogP contribution in [-0.2, 0) is 5.41 Å². The minimum Gasteiger partial charge on any atom is -0.454 e. The van der Waals surface area contributed by atoms with E-state index in [-0.39, 0.29) is 11.3 Å². The van der Waals surface area contributed by atoms with Crippen molar-refractivity contribution in [3.63, 3.8) is 0 Å². The van der Waals surface area contributed by atoms with Gasteiger partial charge < -0.3 is 8.98 Å². The average molecular weight is 690 g/mol. The second-order valence-corrected chi connectivity index (χ2v) is 15.6. The van der Waals surface area contributed by atoms with Crippen LogP contribution in [-0.4, -0.2) is 4.57 Å². The third-order valence-electron chi connectivity index (χ3n) is 12.5. The minimum absolute atomic E-state index is 0.171. The molecule has 0 aliphatic heterocycles. The summed E-state index contributed by atoms with van der Waals surface area (Å²) in [7, 11) is 0. The van der Waals surface area contributed by atoms with E-state index in [0.29, 0.717) is 0 Å². The van der Waals surface area contributed by atoms with Crippen LogP contribution < -0.4 is 0 Å². The monoisotopic (exact) mass is 689 g/mol. The van der Waals surface area contributed by atoms with Gasteiger partial charge in [-0.2, -0.15) is 0 Å². The third kappa shape index (κ3) is 3.90. The highest BCUT2D eigenvalue weighted by molar-refractivity contribution is 6.17. The van der Waals surface area contributed by atoms with Crippen molar-refractivity contribution >= 4 is 43.7 Å². The van der Waals surface area contributed by atoms with E-state index in [2.05, 4.69) is 188 Å². The molecule has 2 heterocycles. The Morgan fingerprint density at radius 3 is 2.11 bits per heavy atom. The Labute approximate surface area is 313 Å². The fourth-order valence-corrected chi connectivity index (χ4v) is 10.1. The number of furan rings is 1. The Bertz CT molecular complexity index is 3190. The summed E-state index contributed by atoms with van der Waals surface area (Å²) in [6.07, 6.45) is 0. The first kappa shape index (κ1) is 29.9. The van der Waals surface area contributed by atoms with Gasteiger partial charge in [-0.15, -0.1) is 0 Å². The first-order valence-corrected chi connectivity index (χ1v) is 19.0. The molecule has 2 aromatic heterocycles. The van der Waals surface area contributed by atoms with Gasteiger partial charge in [-0.1, -0.05) is 147 Å². The van der Waals surface area contributed by atoms with E-state index in [9.17, 15) is 0 Å². The molecule has 2 aliphatic carbocycles. The zero-order valence-electron chi connectivity index (χ0n) is 30.1. The molecule has 2 heteroatoms. The molecule has 54 heavy (non-hydrogen) atoms. The molecule has 0 amide bonds. The summed E-state index contributed by atoms with van der Waals surface area (Å²) in [5.41, 5.74) is 19.7. The number of aromatic nitrogens is 1. The van der Waals surface area contributed by atoms with Crippen LogP contribution in [0.1, 0.15) is 47.6 Å². The fourth-order valence-electron chi connectivity index (χ4n) is 10.1. The normalized spacial score (nSPS) is 15.2. The second-order valence-electron chi connectivity index (χ2n) is 15.6. The lowest BCUT2D eigenvalue weighted by Gasteiger charge is -2.22. The number of nitrogens with zero attached hydrogens (tertiary/aromatic N) is 1. The van der Waals surface area contributed by atoms with Gasteiger partial charge in [-0.25, -0.2) is 0 Å². The molecule has 0 N–H and O–H groups in total. The maximum absolute atomic E-state index is 6.67. The molecule has 1 atom stereocenters. The SMILES string of the molecule is CC1(C)c2ccccc2-c2ccc3c(c21)c1cc(-c2ccc4c(c2)-c2ccccc2C4c2ccccc2)ccc1n3-c1cccc2c1oc1ccccc12. The van der Waals surface area contributed by atoms with Gasteiger partial charge in [0.05, 0.1) is 16.7 Å². The first-order valence-electron chi connectivity index (χ1n) is 19.0. The molecule has 254 valence electrons. The molecular weight excluding hydrogens is 655 g/mol. The van der Waals surface area contributed by atoms with Gasteiger partial charge in [0.2, 0.25) is 0 Å². The molecule has 8 aromatic carbocycles. The molecule has 0 saturated heterocycles. The highest BCUT2D eigenvalue weighted by atomic mass is 16.3. The summed E-state index contributed by atoms with van der Waals surface area (Å²) in [6, 6.07) is 62.7. The quantitative estimate of drug-likeness (QED) is 0.181. The number of hydrogen-bond donors (Lipinski definition) is 0. The van der Waals surface area contributed by atoms with Crippen molar-refractivity contribution in [3.8, 4) is 39.1 Å². The van der Waals surface area contributed by atoms with Crippen molar-refractivity contribution in [3.05, 3.63) is 198 Å². The summed E-state index contributed by atoms with van der Waals surface area (Å²) in [4.78, 5) is 0. The number of fused-ring (bicyclic) bond motifs is 13. The van der Waals surface area contributed by atoms with Crippen LogP contribution in [0.5, 0.6) is 0 Å². The highest BCUT2D eigenvalue weighted by Gasteiger charge is 2.38. The van der Waals surface area contributed by atoms with E-state index in [1.807, 2.05) is 0 Å². The number of rotatable bonds is 3. The Balaban J connectivity index is 1.13. The molecule has 1 unspecified atom stereocenters. The Morgan fingerprint density at radius 2 is 1.20 bits per heavy atom. The summed E-state index contributed by atoms with van der Waals surface area (Å²) < 4.78 is 9.12.